The van der Waals surface area contributed by atoms with Crippen LogP contribution in [0.25, 0.3) is 0 Å². The number of cyclic esters (lactones) is 1. The number of aryl methyl sites for hydroxylation is 1. The molecule has 6 heteroatoms. The average molecular weight is 300 g/mol. The van der Waals surface area contributed by atoms with Crippen LogP contribution in [-0.2, 0) is 27.2 Å². The Kier molecular flexibility index (Phi) is 4.18. The summed E-state index contributed by atoms with van der Waals surface area (Å²) in [5.41, 5.74) is 1.34. The SMILES string of the molecule is O=C1OC(C(=O)OCCCn2cccn2)Cc2ccccc21. The van der Waals surface area contributed by atoms with Gasteiger partial charge in [-0.2, -0.15) is 5.10 Å². The highest BCUT2D eigenvalue weighted by Gasteiger charge is 2.31. The maximum absolute atomic E-state index is 12.0. The van der Waals surface area contributed by atoms with E-state index >= 15 is 0 Å². The first-order valence-electron chi connectivity index (χ1n) is 7.17. The molecule has 2 heterocycles. The van der Waals surface area contributed by atoms with Gasteiger partial charge >= 0.3 is 11.9 Å². The number of nitrogens with zero attached hydrogens (tertiary/aromatic N) is 2. The zero-order valence-electron chi connectivity index (χ0n) is 12.0. The predicted octanol–water partition coefficient (Wildman–Crippen LogP) is 1.60. The lowest BCUT2D eigenvalue weighted by Crippen LogP contribution is -2.35. The summed E-state index contributed by atoms with van der Waals surface area (Å²) in [5.74, 6) is -0.969. The first-order chi connectivity index (χ1) is 10.7. The second-order valence-electron chi connectivity index (χ2n) is 5.05. The molecule has 0 bridgehead atoms. The highest BCUT2D eigenvalue weighted by atomic mass is 16.6. The van der Waals surface area contributed by atoms with Gasteiger partial charge in [0, 0.05) is 31.8 Å². The molecule has 1 aliphatic rings. The van der Waals surface area contributed by atoms with Crippen molar-refractivity contribution in [3.8, 4) is 0 Å². The van der Waals surface area contributed by atoms with Crippen LogP contribution < -0.4 is 0 Å². The Morgan fingerprint density at radius 2 is 2.23 bits per heavy atom. The van der Waals surface area contributed by atoms with E-state index in [4.69, 9.17) is 9.47 Å². The molecule has 0 N–H and O–H groups in total. The molecule has 1 aliphatic heterocycles. The van der Waals surface area contributed by atoms with E-state index in [9.17, 15) is 9.59 Å². The standard InChI is InChI=1S/C16H16N2O4/c19-15-13-6-2-1-5-12(13)11-14(22-15)16(20)21-10-4-9-18-8-3-7-17-18/h1-3,5-8,14H,4,9-11H2. The smallest absolute Gasteiger partial charge is 0.347 e. The van der Waals surface area contributed by atoms with Crippen LogP contribution in [0.2, 0.25) is 0 Å². The minimum Gasteiger partial charge on any atom is -0.463 e. The number of rotatable bonds is 5. The van der Waals surface area contributed by atoms with Crippen molar-refractivity contribution in [2.75, 3.05) is 6.61 Å². The number of hydrogen-bond donors (Lipinski definition) is 0. The third kappa shape index (κ3) is 3.16. The summed E-state index contributed by atoms with van der Waals surface area (Å²) in [6, 6.07) is 8.97. The molecule has 1 aromatic heterocycles. The molecule has 0 spiro atoms. The number of benzene rings is 1. The Bertz CT molecular complexity index is 667. The molecular weight excluding hydrogens is 284 g/mol. The van der Waals surface area contributed by atoms with Gasteiger partial charge in [-0.25, -0.2) is 9.59 Å². The van der Waals surface area contributed by atoms with Crippen LogP contribution in [-0.4, -0.2) is 34.4 Å². The summed E-state index contributed by atoms with van der Waals surface area (Å²) >= 11 is 0. The van der Waals surface area contributed by atoms with E-state index in [-0.39, 0.29) is 6.61 Å². The van der Waals surface area contributed by atoms with Crippen LogP contribution in [0.4, 0.5) is 0 Å². The van der Waals surface area contributed by atoms with Crippen LogP contribution in [0.5, 0.6) is 0 Å². The summed E-state index contributed by atoms with van der Waals surface area (Å²) < 4.78 is 12.1. The van der Waals surface area contributed by atoms with E-state index in [1.165, 1.54) is 0 Å². The number of esters is 2. The molecule has 1 unspecified atom stereocenters. The lowest BCUT2D eigenvalue weighted by atomic mass is 9.99. The topological polar surface area (TPSA) is 70.4 Å². The third-order valence-electron chi connectivity index (χ3n) is 3.49. The molecule has 0 saturated carbocycles. The van der Waals surface area contributed by atoms with Crippen molar-refractivity contribution in [1.82, 2.24) is 9.78 Å². The Labute approximate surface area is 127 Å². The quantitative estimate of drug-likeness (QED) is 0.619. The van der Waals surface area contributed by atoms with Crippen LogP contribution >= 0.6 is 0 Å². The minimum atomic E-state index is -0.855. The second-order valence-corrected chi connectivity index (χ2v) is 5.05. The van der Waals surface area contributed by atoms with E-state index < -0.39 is 18.0 Å². The highest BCUT2D eigenvalue weighted by Crippen LogP contribution is 2.21. The fraction of sp³-hybridized carbons (Fsp3) is 0.312. The largest absolute Gasteiger partial charge is 0.463 e. The number of hydrogen-bond acceptors (Lipinski definition) is 5. The molecule has 0 radical (unpaired) electrons. The first kappa shape index (κ1) is 14.3. The molecule has 2 aromatic rings. The normalized spacial score (nSPS) is 16.7. The molecular formula is C16H16N2O4. The van der Waals surface area contributed by atoms with Crippen LogP contribution in [0.15, 0.2) is 42.7 Å². The fourth-order valence-corrected chi connectivity index (χ4v) is 2.39. The molecule has 3 rings (SSSR count). The monoisotopic (exact) mass is 300 g/mol. The molecule has 22 heavy (non-hydrogen) atoms. The van der Waals surface area contributed by atoms with Gasteiger partial charge in [0.15, 0.2) is 0 Å². The Balaban J connectivity index is 1.50. The van der Waals surface area contributed by atoms with Gasteiger partial charge < -0.3 is 9.47 Å². The lowest BCUT2D eigenvalue weighted by Gasteiger charge is -2.23. The van der Waals surface area contributed by atoms with Gasteiger partial charge in [-0.15, -0.1) is 0 Å². The first-order valence-corrected chi connectivity index (χ1v) is 7.17. The van der Waals surface area contributed by atoms with Gasteiger partial charge in [-0.05, 0) is 17.7 Å². The minimum absolute atomic E-state index is 0.272. The Morgan fingerprint density at radius 1 is 1.36 bits per heavy atom. The maximum Gasteiger partial charge on any atom is 0.347 e. The maximum atomic E-state index is 12.0. The molecule has 1 atom stereocenters. The Morgan fingerprint density at radius 3 is 3.05 bits per heavy atom. The van der Waals surface area contributed by atoms with Gasteiger partial charge in [0.1, 0.15) is 0 Å². The van der Waals surface area contributed by atoms with E-state index in [0.717, 1.165) is 5.56 Å². The number of fused-ring (bicyclic) bond motifs is 1. The predicted molar refractivity (Wildman–Crippen MR) is 77.2 cm³/mol. The number of carbonyl (C=O) groups excluding carboxylic acids is 2. The van der Waals surface area contributed by atoms with Gasteiger partial charge in [-0.1, -0.05) is 18.2 Å². The summed E-state index contributed by atoms with van der Waals surface area (Å²) in [5, 5.41) is 4.06. The zero-order chi connectivity index (χ0) is 15.4. The van der Waals surface area contributed by atoms with Crippen molar-refractivity contribution >= 4 is 11.9 Å². The summed E-state index contributed by atoms with van der Waals surface area (Å²) in [7, 11) is 0. The van der Waals surface area contributed by atoms with Gasteiger partial charge in [0.25, 0.3) is 0 Å². The van der Waals surface area contributed by atoms with E-state index in [0.29, 0.717) is 24.9 Å². The van der Waals surface area contributed by atoms with Crippen molar-refractivity contribution in [1.29, 1.82) is 0 Å². The summed E-state index contributed by atoms with van der Waals surface area (Å²) in [6.07, 6.45) is 3.71. The van der Waals surface area contributed by atoms with Gasteiger partial charge in [0.2, 0.25) is 6.10 Å². The van der Waals surface area contributed by atoms with Crippen molar-refractivity contribution in [3.63, 3.8) is 0 Å². The summed E-state index contributed by atoms with van der Waals surface area (Å²) in [4.78, 5) is 23.8. The van der Waals surface area contributed by atoms with E-state index in [2.05, 4.69) is 5.10 Å². The molecule has 114 valence electrons. The van der Waals surface area contributed by atoms with Gasteiger partial charge in [-0.3, -0.25) is 4.68 Å². The van der Waals surface area contributed by atoms with Crippen molar-refractivity contribution in [2.45, 2.75) is 25.5 Å². The highest BCUT2D eigenvalue weighted by molar-refractivity contribution is 5.94. The average Bonchev–Trinajstić information content (AvgIpc) is 3.04. The number of carbonyl (C=O) groups is 2. The van der Waals surface area contributed by atoms with Crippen LogP contribution in [0, 0.1) is 0 Å². The van der Waals surface area contributed by atoms with Crippen LogP contribution in [0.3, 0.4) is 0 Å². The van der Waals surface area contributed by atoms with E-state index in [1.807, 2.05) is 24.4 Å². The van der Waals surface area contributed by atoms with Crippen LogP contribution in [0.1, 0.15) is 22.3 Å². The van der Waals surface area contributed by atoms with E-state index in [1.54, 1.807) is 23.0 Å². The fourth-order valence-electron chi connectivity index (χ4n) is 2.39. The van der Waals surface area contributed by atoms with Crippen molar-refractivity contribution in [3.05, 3.63) is 53.9 Å². The molecule has 0 amide bonds. The lowest BCUT2D eigenvalue weighted by molar-refractivity contribution is -0.154. The third-order valence-corrected chi connectivity index (χ3v) is 3.49. The molecule has 0 saturated heterocycles. The van der Waals surface area contributed by atoms with Gasteiger partial charge in [0.05, 0.1) is 12.2 Å². The number of aromatic nitrogens is 2. The molecule has 1 aromatic carbocycles. The molecule has 6 nitrogen and oxygen atoms in total. The molecule has 0 fully saturated rings. The van der Waals surface area contributed by atoms with Crippen molar-refractivity contribution < 1.29 is 19.1 Å². The number of ether oxygens (including phenoxy) is 2. The second kappa shape index (κ2) is 6.43. The van der Waals surface area contributed by atoms with Crippen molar-refractivity contribution in [2.24, 2.45) is 0 Å². The zero-order valence-corrected chi connectivity index (χ0v) is 12.0. The summed E-state index contributed by atoms with van der Waals surface area (Å²) in [6.45, 7) is 0.946. The molecule has 0 aliphatic carbocycles. The Hall–Kier alpha value is -2.63.